The molecule has 0 unspecified atom stereocenters. The average molecular weight is 1910 g/mol. The van der Waals surface area contributed by atoms with E-state index in [1.165, 1.54) is 22.3 Å². The third-order valence-electron chi connectivity index (χ3n) is 17.7. The molecule has 4 aromatic carbocycles. The van der Waals surface area contributed by atoms with Gasteiger partial charge in [-0.2, -0.15) is 0 Å². The van der Waals surface area contributed by atoms with Gasteiger partial charge < -0.3 is 48.8 Å². The van der Waals surface area contributed by atoms with Gasteiger partial charge in [0.15, 0.2) is 0 Å². The van der Waals surface area contributed by atoms with Gasteiger partial charge in [-0.25, -0.2) is 28.0 Å². The van der Waals surface area contributed by atoms with Crippen molar-refractivity contribution < 1.29 is 48.8 Å². The van der Waals surface area contributed by atoms with Crippen molar-refractivity contribution in [2.75, 3.05) is 276 Å². The zero-order chi connectivity index (χ0) is 86.1. The first kappa shape index (κ1) is 117. The van der Waals surface area contributed by atoms with Crippen molar-refractivity contribution in [3.05, 3.63) is 143 Å². The lowest BCUT2D eigenvalue weighted by molar-refractivity contribution is -0.0000289. The van der Waals surface area contributed by atoms with Crippen LogP contribution in [0.4, 0.5) is 0 Å². The van der Waals surface area contributed by atoms with Gasteiger partial charge in [0.1, 0.15) is 29.4 Å². The molecule has 0 saturated heterocycles. The lowest BCUT2D eigenvalue weighted by Gasteiger charge is -2.42. The van der Waals surface area contributed by atoms with Gasteiger partial charge in [0.05, 0.1) is 46.2 Å². The summed E-state index contributed by atoms with van der Waals surface area (Å²) in [5, 5.41) is 9.06. The molecule has 2 N–H and O–H groups in total. The number of nitrogens with zero attached hydrogens (tertiary/aromatic N) is 22. The number of aliphatic hydroxyl groups is 1. The van der Waals surface area contributed by atoms with Gasteiger partial charge in [-0.3, -0.25) is 37.4 Å². The number of aliphatic hydroxyl groups excluding tert-OH is 1. The molecule has 0 bridgehead atoms. The lowest BCUT2D eigenvalue weighted by Crippen LogP contribution is -3.00. The number of ether oxygens (including phenoxy) is 3. The van der Waals surface area contributed by atoms with Crippen LogP contribution in [0.1, 0.15) is 61.1 Å². The predicted octanol–water partition coefficient (Wildman–Crippen LogP) is 17.6. The molecule has 4 rings (SSSR count). The van der Waals surface area contributed by atoms with Crippen molar-refractivity contribution in [1.82, 2.24) is 65.4 Å². The van der Waals surface area contributed by atoms with Crippen LogP contribution in [0.5, 0.6) is 0 Å². The van der Waals surface area contributed by atoms with Crippen molar-refractivity contribution in [2.24, 2.45) is 36.1 Å². The monoisotopic (exact) mass is 1910 g/mol. The Bertz CT molecular complexity index is 3650. The van der Waals surface area contributed by atoms with E-state index in [2.05, 4.69) is 376 Å². The van der Waals surface area contributed by atoms with Gasteiger partial charge in [-0.1, -0.05) is 146 Å². The summed E-state index contributed by atoms with van der Waals surface area (Å²) in [6, 6.07) is 37.4. The van der Waals surface area contributed by atoms with Crippen LogP contribution in [-0.2, 0) is 53.0 Å². The van der Waals surface area contributed by atoms with E-state index in [4.69, 9.17) is 67.0 Å². The molecule has 0 aliphatic rings. The van der Waals surface area contributed by atoms with Crippen molar-refractivity contribution in [3.8, 4) is 0 Å². The van der Waals surface area contributed by atoms with E-state index in [1.54, 1.807) is 0 Å². The minimum Gasteiger partial charge on any atom is -1.00 e. The minimum atomic E-state index is -3.13. The number of hydrogen-bond donors (Lipinski definition) is 1. The summed E-state index contributed by atoms with van der Waals surface area (Å²) in [4.78, 5) is 0. The van der Waals surface area contributed by atoms with Gasteiger partial charge in [-0.15, -0.1) is 11.6 Å². The third-order valence-corrected chi connectivity index (χ3v) is 55.8. The lowest BCUT2D eigenvalue weighted by atomic mass is 10.1. The van der Waals surface area contributed by atoms with Crippen LogP contribution < -0.4 is 24.0 Å². The Balaban J connectivity index is -0.00000185. The smallest absolute Gasteiger partial charge is 0.496 e. The fraction of sp³-hybridized carbons (Fsp3) is 0.676. The van der Waals surface area contributed by atoms with E-state index in [0.717, 1.165) is 11.1 Å². The molecule has 4 aromatic rings. The van der Waals surface area contributed by atoms with Crippen LogP contribution in [0.25, 0.3) is 0 Å². The minimum absolute atomic E-state index is 0. The van der Waals surface area contributed by atoms with E-state index in [1.807, 2.05) is 76.2 Å². The summed E-state index contributed by atoms with van der Waals surface area (Å²) in [6.45, 7) is 34.9. The zero-order valence-electron chi connectivity index (χ0n) is 77.6. The van der Waals surface area contributed by atoms with E-state index < -0.39 is 74.3 Å². The molecule has 0 heterocycles. The molecule has 0 amide bonds. The second-order valence-corrected chi connectivity index (χ2v) is 66.6. The predicted molar refractivity (Wildman–Crippen MR) is 511 cm³/mol. The Morgan fingerprint density at radius 3 is 0.708 bits per heavy atom. The first-order valence-corrected chi connectivity index (χ1v) is 59.1. The average Bonchev–Trinajstić information content (AvgIpc) is 0.745. The molecule has 0 aromatic heterocycles. The van der Waals surface area contributed by atoms with Crippen molar-refractivity contribution in [2.45, 2.75) is 66.5 Å². The number of hydrogen-bond acceptors (Lipinski definition) is 13. The Morgan fingerprint density at radius 2 is 0.513 bits per heavy atom. The van der Waals surface area contributed by atoms with Crippen LogP contribution in [0.2, 0.25) is 0 Å². The van der Waals surface area contributed by atoms with E-state index in [9.17, 15) is 0 Å². The summed E-state index contributed by atoms with van der Waals surface area (Å²) >= 11 is 5.53. The summed E-state index contributed by atoms with van der Waals surface area (Å²) in [5.41, 5.74) is 6.92. The maximum atomic E-state index is 9.06. The van der Waals surface area contributed by atoms with Gasteiger partial charge in [-0.05, 0) is 284 Å². The molecule has 0 fully saturated rings. The van der Waals surface area contributed by atoms with Crippen LogP contribution >= 0.6 is 85.9 Å². The van der Waals surface area contributed by atoms with Crippen LogP contribution in [0.3, 0.4) is 0 Å². The maximum Gasteiger partial charge on any atom is 0.496 e. The second kappa shape index (κ2) is 54.5. The fourth-order valence-electron chi connectivity index (χ4n) is 10.7. The van der Waals surface area contributed by atoms with Gasteiger partial charge in [0.25, 0.3) is 0 Å². The van der Waals surface area contributed by atoms with Gasteiger partial charge in [0, 0.05) is 59.7 Å². The highest BCUT2D eigenvalue weighted by molar-refractivity contribution is 7.89. The Hall–Kier alpha value is -0.160. The van der Waals surface area contributed by atoms with E-state index >= 15 is 0 Å². The van der Waals surface area contributed by atoms with E-state index in [-0.39, 0.29) is 36.1 Å². The quantitative estimate of drug-likeness (QED) is 0.0191. The SMILES string of the molecule is CC.CC.CN(C)P(C)(=N[P+](N=P(C)(C)C)(N=P(C)(N(C)C)N(C)C)N=P(N(C)C)(N(C)C)N(C)Cc1ccc(COCCO)cc1)N(C)C.CN(C)P(C)(=N[P+](N=P(C)(C)C)(N=P(C)(N(C)C)N(C)C)N=P(N(C)C)(N(C)C)N(C)Cc1ccc(COCCOCc2ccccc2)cc1)N(C)C.ClCc1ccccc1.[I-].[OH-]. The molecule has 0 atom stereocenters. The van der Waals surface area contributed by atoms with Gasteiger partial charge >= 0.3 is 15.7 Å². The standard InChI is InChI=1S/C35H73N11O2P5.C28H67N11O2P5.C7H7Cl.2C2H6.HI.H2O/c1-40(2)50(17,41(3)4)37-52(36-49(14,15)16,38-51(18,42(5)6)43(7)8)39-53(44(9)10,45(11)12)46(13)30-33-24-26-35(27-25-33)32-48-29-28-47-31-34-22-20-19-21-23-34;1-33(2)43(17,34(3)4)30-45(29-42(14,15)16,31-44(18,35(5)6)36(7)8)32-46(37(9)10,38(11)12)39(13)25-27-19-21-28(22-20-27)26-41-24-23-40;8-6-7-4-2-1-3-5-7;2*1-2;;/h19-27H,28-32H2,1-18H3;19-22,40H,23-26H2,1-18H3;1-5H,6H2;2*1-2H3;1H;1H2/q2*+1;;;;;/p-2. The van der Waals surface area contributed by atoms with Gasteiger partial charge in [0.2, 0.25) is 15.0 Å². The summed E-state index contributed by atoms with van der Waals surface area (Å²) < 4.78 is 96.2. The van der Waals surface area contributed by atoms with Crippen LogP contribution in [0.15, 0.2) is 145 Å². The Labute approximate surface area is 716 Å². The number of benzene rings is 4. The molecule has 660 valence electrons. The van der Waals surface area contributed by atoms with Crippen molar-refractivity contribution in [3.63, 3.8) is 0 Å². The van der Waals surface area contributed by atoms with Crippen molar-refractivity contribution in [1.29, 1.82) is 0 Å². The third kappa shape index (κ3) is 36.7. The summed E-state index contributed by atoms with van der Waals surface area (Å²) in [5.74, 6) is 0.612. The second-order valence-electron chi connectivity index (χ2n) is 30.6. The first-order chi connectivity index (χ1) is 51.3. The molecule has 0 radical (unpaired) electrons. The first-order valence-electron chi connectivity index (χ1n) is 37.6. The van der Waals surface area contributed by atoms with Crippen molar-refractivity contribution >= 4 is 85.9 Å². The number of halogens is 2. The topological polar surface area (TPSA) is 222 Å². The highest BCUT2D eigenvalue weighted by Gasteiger charge is 2.54. The molecule has 113 heavy (non-hydrogen) atoms. The normalized spacial score (nSPS) is 12.9. The fourth-order valence-corrected chi connectivity index (χ4v) is 48.3. The molecule has 27 nitrogen and oxygen atoms in total. The molecule has 0 aliphatic carbocycles. The van der Waals surface area contributed by atoms with E-state index in [0.29, 0.717) is 58.6 Å². The summed E-state index contributed by atoms with van der Waals surface area (Å²) in [7, 11) is 31.1. The van der Waals surface area contributed by atoms with Crippen LogP contribution in [0, 0.1) is 0 Å². The zero-order valence-corrected chi connectivity index (χ0v) is 89.5. The largest absolute Gasteiger partial charge is 1.00 e. The molecular formula is C74H160ClIN22O5P10. The van der Waals surface area contributed by atoms with Crippen LogP contribution in [-0.4, -0.2) is 352 Å². The molecule has 0 saturated carbocycles. The Kier molecular flexibility index (Phi) is 56.4. The molecule has 0 spiro atoms. The molecule has 0 aliphatic heterocycles. The Morgan fingerprint density at radius 1 is 0.301 bits per heavy atom. The highest BCUT2D eigenvalue weighted by atomic mass is 127. The molecule has 39 heteroatoms. The number of rotatable bonds is 38. The number of alkyl halides is 1. The maximum absolute atomic E-state index is 9.06. The highest BCUT2D eigenvalue weighted by Crippen LogP contribution is 2.86. The summed E-state index contributed by atoms with van der Waals surface area (Å²) in [6.07, 6.45) is 0. The molecular weight excluding hydrogens is 1750 g/mol.